The van der Waals surface area contributed by atoms with Crippen LogP contribution in [0.15, 0.2) is 89.1 Å². The van der Waals surface area contributed by atoms with Crippen LogP contribution in [0.5, 0.6) is 5.75 Å². The van der Waals surface area contributed by atoms with Crippen LogP contribution >= 0.6 is 69.5 Å². The Balaban J connectivity index is 1.34. The zero-order valence-corrected chi connectivity index (χ0v) is 28.2. The van der Waals surface area contributed by atoms with Gasteiger partial charge in [-0.1, -0.05) is 88.9 Å². The number of carbonyl (C=O) groups is 3. The second kappa shape index (κ2) is 14.8. The maximum absolute atomic E-state index is 13.6. The number of benzene rings is 4. The third kappa shape index (κ3) is 7.44. The molecule has 0 saturated heterocycles. The Morgan fingerprint density at radius 3 is 2.17 bits per heavy atom. The lowest BCUT2D eigenvalue weighted by atomic mass is 10.1. The number of aromatic carboxylic acids is 1. The molecule has 5 rings (SSSR count). The summed E-state index contributed by atoms with van der Waals surface area (Å²) in [4.78, 5) is 43.9. The van der Waals surface area contributed by atoms with Crippen molar-refractivity contribution in [2.45, 2.75) is 10.1 Å². The molecule has 8 nitrogen and oxygen atoms in total. The summed E-state index contributed by atoms with van der Waals surface area (Å²) < 4.78 is 5.30. The molecule has 0 spiro atoms. The number of hydrogen-bond acceptors (Lipinski definition) is 7. The maximum atomic E-state index is 13.6. The van der Waals surface area contributed by atoms with Gasteiger partial charge in [0.1, 0.15) is 11.0 Å². The number of hydrogen-bond donors (Lipinski definition) is 3. The molecule has 0 aliphatic rings. The number of methoxy groups -OCH3 is 1. The van der Waals surface area contributed by atoms with Crippen LogP contribution in [0, 0.1) is 0 Å². The van der Waals surface area contributed by atoms with Crippen molar-refractivity contribution in [3.05, 3.63) is 121 Å². The van der Waals surface area contributed by atoms with Crippen LogP contribution in [0.1, 0.15) is 31.5 Å². The number of anilines is 2. The number of nitrogens with zero attached hydrogens (tertiary/aromatic N) is 1. The summed E-state index contributed by atoms with van der Waals surface area (Å²) in [5, 5.41) is 15.6. The minimum Gasteiger partial charge on any atom is -0.497 e. The number of nitrogens with one attached hydrogen (secondary N) is 2. The Morgan fingerprint density at radius 2 is 1.52 bits per heavy atom. The second-order valence-corrected chi connectivity index (χ2v) is 13.0. The molecule has 1 unspecified atom stereocenters. The van der Waals surface area contributed by atoms with E-state index in [2.05, 4.69) is 15.6 Å². The lowest BCUT2D eigenvalue weighted by molar-refractivity contribution is -0.115. The molecule has 0 saturated carbocycles. The zero-order chi connectivity index (χ0) is 33.0. The molecule has 2 amide bonds. The summed E-state index contributed by atoms with van der Waals surface area (Å²) in [5.41, 5.74) is 1.68. The first-order valence-electron chi connectivity index (χ1n) is 13.2. The van der Waals surface area contributed by atoms with Gasteiger partial charge < -0.3 is 20.5 Å². The summed E-state index contributed by atoms with van der Waals surface area (Å²) >= 11 is 27.0. The molecule has 14 heteroatoms. The van der Waals surface area contributed by atoms with Crippen LogP contribution in [0.25, 0.3) is 11.3 Å². The number of carboxylic acids is 1. The first-order chi connectivity index (χ1) is 22.1. The SMILES string of the molecule is COc1cccc(-c2csc(NC(=O)C(Sc3ccc(NC(=O)c4c(Cl)c(Cl)c(Cl)c(Cl)c4C(=O)O)cc3)c3ccccc3)n2)c1. The number of thiazole rings is 1. The van der Waals surface area contributed by atoms with Gasteiger partial charge in [0.15, 0.2) is 5.13 Å². The van der Waals surface area contributed by atoms with E-state index in [0.717, 1.165) is 16.0 Å². The third-order valence-electron chi connectivity index (χ3n) is 6.51. The highest BCUT2D eigenvalue weighted by Crippen LogP contribution is 2.42. The maximum Gasteiger partial charge on any atom is 0.338 e. The molecule has 0 radical (unpaired) electrons. The summed E-state index contributed by atoms with van der Waals surface area (Å²) in [7, 11) is 1.60. The van der Waals surface area contributed by atoms with Crippen LogP contribution in [0.3, 0.4) is 0 Å². The van der Waals surface area contributed by atoms with E-state index in [0.29, 0.717) is 22.3 Å². The number of halogens is 4. The predicted molar refractivity (Wildman–Crippen MR) is 186 cm³/mol. The second-order valence-electron chi connectivity index (χ2n) is 9.46. The smallest absolute Gasteiger partial charge is 0.338 e. The largest absolute Gasteiger partial charge is 0.497 e. The van der Waals surface area contributed by atoms with Crippen LogP contribution in [-0.4, -0.2) is 35.0 Å². The monoisotopic (exact) mass is 731 g/mol. The van der Waals surface area contributed by atoms with Crippen LogP contribution in [-0.2, 0) is 4.79 Å². The van der Waals surface area contributed by atoms with Gasteiger partial charge in [0, 0.05) is 21.5 Å². The number of carbonyl (C=O) groups excluding carboxylic acids is 2. The van der Waals surface area contributed by atoms with E-state index in [1.165, 1.54) is 23.1 Å². The van der Waals surface area contributed by atoms with Gasteiger partial charge in [-0.25, -0.2) is 9.78 Å². The van der Waals surface area contributed by atoms with Gasteiger partial charge in [0.2, 0.25) is 5.91 Å². The quantitative estimate of drug-likeness (QED) is 0.0743. The molecule has 1 aromatic heterocycles. The Bertz CT molecular complexity index is 1940. The van der Waals surface area contributed by atoms with E-state index in [1.807, 2.05) is 60.0 Å². The molecule has 0 bridgehead atoms. The van der Waals surface area contributed by atoms with Crippen molar-refractivity contribution >= 4 is 98.1 Å². The highest BCUT2D eigenvalue weighted by atomic mass is 35.5. The minimum absolute atomic E-state index is 0.241. The molecule has 1 heterocycles. The highest BCUT2D eigenvalue weighted by molar-refractivity contribution is 8.00. The van der Waals surface area contributed by atoms with Crippen molar-refractivity contribution in [2.24, 2.45) is 0 Å². The molecule has 1 atom stereocenters. The van der Waals surface area contributed by atoms with E-state index in [-0.39, 0.29) is 21.0 Å². The fourth-order valence-electron chi connectivity index (χ4n) is 4.31. The molecule has 5 aromatic rings. The van der Waals surface area contributed by atoms with Crippen LogP contribution < -0.4 is 15.4 Å². The van der Waals surface area contributed by atoms with Crippen LogP contribution in [0.4, 0.5) is 10.8 Å². The summed E-state index contributed by atoms with van der Waals surface area (Å²) in [5.74, 6) is -1.91. The fourth-order valence-corrected chi connectivity index (χ4v) is 7.08. The van der Waals surface area contributed by atoms with Crippen LogP contribution in [0.2, 0.25) is 20.1 Å². The normalized spacial score (nSPS) is 11.5. The van der Waals surface area contributed by atoms with Crippen molar-refractivity contribution in [1.29, 1.82) is 0 Å². The third-order valence-corrected chi connectivity index (χ3v) is 10.3. The lowest BCUT2D eigenvalue weighted by Gasteiger charge is -2.17. The zero-order valence-electron chi connectivity index (χ0n) is 23.5. The first-order valence-corrected chi connectivity index (χ1v) is 16.5. The first kappa shape index (κ1) is 33.6. The van der Waals surface area contributed by atoms with Gasteiger partial charge in [-0.15, -0.1) is 23.1 Å². The van der Waals surface area contributed by atoms with Gasteiger partial charge in [-0.05, 0) is 42.0 Å². The molecular formula is C32H21Cl4N3O5S2. The molecule has 0 fully saturated rings. The standard InChI is InChI=1S/C32H21Cl4N3O5S2/c1-44-19-9-5-8-17(14-19)21-15-45-32(38-21)39-30(41)28(16-6-3-2-4-7-16)46-20-12-10-18(11-13-20)37-29(40)22-23(31(42)43)25(34)27(36)26(35)24(22)33/h2-15,28H,1H3,(H,37,40)(H,42,43)(H,38,39,41). The highest BCUT2D eigenvalue weighted by Gasteiger charge is 2.29. The van der Waals surface area contributed by atoms with Gasteiger partial charge in [-0.2, -0.15) is 0 Å². The van der Waals surface area contributed by atoms with Crippen molar-refractivity contribution in [3.63, 3.8) is 0 Å². The van der Waals surface area contributed by atoms with E-state index >= 15 is 0 Å². The van der Waals surface area contributed by atoms with E-state index < -0.39 is 33.3 Å². The summed E-state index contributed by atoms with van der Waals surface area (Å²) in [6.45, 7) is 0. The van der Waals surface area contributed by atoms with E-state index in [4.69, 9.17) is 51.1 Å². The Hall–Kier alpha value is -3.77. The lowest BCUT2D eigenvalue weighted by Crippen LogP contribution is -2.19. The van der Waals surface area contributed by atoms with Crippen molar-refractivity contribution < 1.29 is 24.2 Å². The molecular weight excluding hydrogens is 712 g/mol. The average molecular weight is 733 g/mol. The van der Waals surface area contributed by atoms with Crippen molar-refractivity contribution in [3.8, 4) is 17.0 Å². The minimum atomic E-state index is -1.50. The molecule has 234 valence electrons. The van der Waals surface area contributed by atoms with Gasteiger partial charge in [0.05, 0.1) is 44.0 Å². The number of aromatic nitrogens is 1. The molecule has 46 heavy (non-hydrogen) atoms. The molecule has 4 aromatic carbocycles. The van der Waals surface area contributed by atoms with E-state index in [9.17, 15) is 19.5 Å². The number of rotatable bonds is 10. The summed E-state index contributed by atoms with van der Waals surface area (Å²) in [6.07, 6.45) is 0. The van der Waals surface area contributed by atoms with Gasteiger partial charge in [-0.3, -0.25) is 9.59 Å². The number of amides is 2. The van der Waals surface area contributed by atoms with E-state index in [1.54, 1.807) is 31.4 Å². The molecule has 3 N–H and O–H groups in total. The molecule has 0 aliphatic heterocycles. The predicted octanol–water partition coefficient (Wildman–Crippen LogP) is 9.85. The van der Waals surface area contributed by atoms with Crippen molar-refractivity contribution in [1.82, 2.24) is 4.98 Å². The topological polar surface area (TPSA) is 118 Å². The van der Waals surface area contributed by atoms with Gasteiger partial charge >= 0.3 is 5.97 Å². The van der Waals surface area contributed by atoms with Gasteiger partial charge in [0.25, 0.3) is 5.91 Å². The Morgan fingerprint density at radius 1 is 0.848 bits per heavy atom. The summed E-state index contributed by atoms with van der Waals surface area (Å²) in [6, 6.07) is 23.4. The number of ether oxygens (including phenoxy) is 1. The number of carboxylic acid groups (broad SMARTS) is 1. The van der Waals surface area contributed by atoms with Crippen molar-refractivity contribution in [2.75, 3.05) is 17.7 Å². The number of thioether (sulfide) groups is 1. The Labute approximate surface area is 291 Å². The average Bonchev–Trinajstić information content (AvgIpc) is 3.53. The Kier molecular flexibility index (Phi) is 10.8. The fraction of sp³-hybridized carbons (Fsp3) is 0.0625. The molecule has 0 aliphatic carbocycles.